The average molecular weight is 224 g/mol. The molecule has 0 amide bonds. The zero-order chi connectivity index (χ0) is 12.0. The minimum atomic E-state index is 0.596. The third-order valence-electron chi connectivity index (χ3n) is 2.36. The number of hydrogen-bond acceptors (Lipinski definition) is 5. The Morgan fingerprint density at radius 3 is 2.81 bits per heavy atom. The molecule has 0 bridgehead atoms. The topological polar surface area (TPSA) is 50.3 Å². The third kappa shape index (κ3) is 4.02. The first-order valence-corrected chi connectivity index (χ1v) is 5.47. The van der Waals surface area contributed by atoms with Crippen LogP contribution in [0.25, 0.3) is 0 Å². The zero-order valence-electron chi connectivity index (χ0n) is 10.4. The van der Waals surface area contributed by atoms with Crippen molar-refractivity contribution in [1.29, 1.82) is 0 Å². The summed E-state index contributed by atoms with van der Waals surface area (Å²) >= 11 is 0. The van der Waals surface area contributed by atoms with Crippen molar-refractivity contribution in [2.24, 2.45) is 0 Å². The molecular weight excluding hydrogens is 204 g/mol. The summed E-state index contributed by atoms with van der Waals surface area (Å²) in [6.45, 7) is 6.90. The number of methoxy groups -OCH3 is 1. The van der Waals surface area contributed by atoms with Gasteiger partial charge in [0.2, 0.25) is 11.8 Å². The molecule has 0 aliphatic heterocycles. The Hall–Kier alpha value is -1.36. The van der Waals surface area contributed by atoms with Gasteiger partial charge in [0.05, 0.1) is 7.11 Å². The highest BCUT2D eigenvalue weighted by atomic mass is 16.5. The van der Waals surface area contributed by atoms with E-state index in [4.69, 9.17) is 4.74 Å². The van der Waals surface area contributed by atoms with Crippen LogP contribution >= 0.6 is 0 Å². The number of hydrogen-bond donors (Lipinski definition) is 1. The molecule has 1 rings (SSSR count). The van der Waals surface area contributed by atoms with E-state index in [1.54, 1.807) is 7.11 Å². The van der Waals surface area contributed by atoms with Crippen molar-refractivity contribution in [3.63, 3.8) is 0 Å². The van der Waals surface area contributed by atoms with Gasteiger partial charge in [-0.05, 0) is 20.5 Å². The Labute approximate surface area is 96.8 Å². The van der Waals surface area contributed by atoms with E-state index < -0.39 is 0 Å². The fourth-order valence-corrected chi connectivity index (χ4v) is 1.24. The van der Waals surface area contributed by atoms with Gasteiger partial charge >= 0.3 is 0 Å². The summed E-state index contributed by atoms with van der Waals surface area (Å²) in [6, 6.07) is 1.81. The van der Waals surface area contributed by atoms with Crippen molar-refractivity contribution < 1.29 is 4.74 Å². The van der Waals surface area contributed by atoms with E-state index >= 15 is 0 Å². The van der Waals surface area contributed by atoms with Crippen LogP contribution in [0.1, 0.15) is 12.6 Å². The molecule has 1 aromatic rings. The summed E-state index contributed by atoms with van der Waals surface area (Å²) in [4.78, 5) is 10.7. The van der Waals surface area contributed by atoms with Gasteiger partial charge in [0.1, 0.15) is 0 Å². The van der Waals surface area contributed by atoms with E-state index in [9.17, 15) is 0 Å². The molecule has 16 heavy (non-hydrogen) atoms. The molecule has 0 unspecified atom stereocenters. The zero-order valence-corrected chi connectivity index (χ0v) is 10.4. The molecule has 0 saturated carbocycles. The SMILES string of the molecule is CCN(C)CCNc1nc(C)cc(OC)n1. The van der Waals surface area contributed by atoms with Crippen LogP contribution in [0.3, 0.4) is 0 Å². The molecule has 0 aromatic carbocycles. The summed E-state index contributed by atoms with van der Waals surface area (Å²) in [5.41, 5.74) is 0.901. The Morgan fingerprint density at radius 2 is 2.19 bits per heavy atom. The number of nitrogens with one attached hydrogen (secondary N) is 1. The molecule has 0 atom stereocenters. The van der Waals surface area contributed by atoms with E-state index in [0.29, 0.717) is 11.8 Å². The van der Waals surface area contributed by atoms with Crippen molar-refractivity contribution >= 4 is 5.95 Å². The number of anilines is 1. The van der Waals surface area contributed by atoms with Crippen molar-refractivity contribution in [2.45, 2.75) is 13.8 Å². The van der Waals surface area contributed by atoms with Gasteiger partial charge in [0, 0.05) is 24.8 Å². The lowest BCUT2D eigenvalue weighted by molar-refractivity contribution is 0.366. The predicted octanol–water partition coefficient (Wildman–Crippen LogP) is 1.16. The minimum Gasteiger partial charge on any atom is -0.481 e. The summed E-state index contributed by atoms with van der Waals surface area (Å²) in [6.07, 6.45) is 0. The predicted molar refractivity (Wildman–Crippen MR) is 65.0 cm³/mol. The maximum atomic E-state index is 5.08. The molecule has 0 aliphatic rings. The maximum absolute atomic E-state index is 5.08. The molecule has 0 spiro atoms. The molecule has 0 aliphatic carbocycles. The first-order chi connectivity index (χ1) is 7.65. The van der Waals surface area contributed by atoms with E-state index in [0.717, 1.165) is 25.3 Å². The smallest absolute Gasteiger partial charge is 0.226 e. The van der Waals surface area contributed by atoms with E-state index in [2.05, 4.69) is 34.2 Å². The lowest BCUT2D eigenvalue weighted by Crippen LogP contribution is -2.25. The molecular formula is C11H20N4O. The quantitative estimate of drug-likeness (QED) is 0.785. The molecule has 5 heteroatoms. The number of ether oxygens (including phenoxy) is 1. The van der Waals surface area contributed by atoms with Crippen LogP contribution < -0.4 is 10.1 Å². The van der Waals surface area contributed by atoms with E-state index in [1.807, 2.05) is 13.0 Å². The first kappa shape index (κ1) is 12.7. The summed E-state index contributed by atoms with van der Waals surface area (Å²) in [5, 5.41) is 3.18. The first-order valence-electron chi connectivity index (χ1n) is 5.47. The number of likely N-dealkylation sites (N-methyl/N-ethyl adjacent to an activating group) is 1. The van der Waals surface area contributed by atoms with Gasteiger partial charge in [-0.25, -0.2) is 4.98 Å². The Bertz CT molecular complexity index is 330. The highest BCUT2D eigenvalue weighted by molar-refractivity contribution is 5.30. The molecule has 1 aromatic heterocycles. The second-order valence-electron chi connectivity index (χ2n) is 3.70. The van der Waals surface area contributed by atoms with Crippen LogP contribution in [-0.4, -0.2) is 48.7 Å². The highest BCUT2D eigenvalue weighted by Crippen LogP contribution is 2.10. The molecule has 1 heterocycles. The van der Waals surface area contributed by atoms with Crippen molar-refractivity contribution in [3.8, 4) is 5.88 Å². The normalized spacial score (nSPS) is 10.6. The number of rotatable bonds is 6. The number of nitrogens with zero attached hydrogens (tertiary/aromatic N) is 3. The van der Waals surface area contributed by atoms with Crippen molar-refractivity contribution in [3.05, 3.63) is 11.8 Å². The monoisotopic (exact) mass is 224 g/mol. The van der Waals surface area contributed by atoms with Crippen LogP contribution in [0, 0.1) is 6.92 Å². The van der Waals surface area contributed by atoms with Gasteiger partial charge in [-0.2, -0.15) is 4.98 Å². The number of aryl methyl sites for hydroxylation is 1. The third-order valence-corrected chi connectivity index (χ3v) is 2.36. The van der Waals surface area contributed by atoms with Gasteiger partial charge in [-0.15, -0.1) is 0 Å². The molecule has 1 N–H and O–H groups in total. The summed E-state index contributed by atoms with van der Waals surface area (Å²) < 4.78 is 5.08. The fraction of sp³-hybridized carbons (Fsp3) is 0.636. The van der Waals surface area contributed by atoms with Crippen LogP contribution in [0.4, 0.5) is 5.95 Å². The van der Waals surface area contributed by atoms with Gasteiger partial charge in [0.25, 0.3) is 0 Å². The molecule has 0 fully saturated rings. The van der Waals surface area contributed by atoms with Crippen LogP contribution in [0.5, 0.6) is 5.88 Å². The lowest BCUT2D eigenvalue weighted by atomic mass is 10.4. The van der Waals surface area contributed by atoms with Crippen LogP contribution in [0.2, 0.25) is 0 Å². The fourth-order valence-electron chi connectivity index (χ4n) is 1.24. The Morgan fingerprint density at radius 1 is 1.44 bits per heavy atom. The van der Waals surface area contributed by atoms with Gasteiger partial charge < -0.3 is 15.0 Å². The summed E-state index contributed by atoms with van der Waals surface area (Å²) in [5.74, 6) is 1.22. The van der Waals surface area contributed by atoms with Gasteiger partial charge in [-0.1, -0.05) is 6.92 Å². The Balaban J connectivity index is 2.50. The molecule has 0 radical (unpaired) electrons. The van der Waals surface area contributed by atoms with Crippen molar-refractivity contribution in [1.82, 2.24) is 14.9 Å². The molecule has 5 nitrogen and oxygen atoms in total. The minimum absolute atomic E-state index is 0.596. The van der Waals surface area contributed by atoms with Crippen molar-refractivity contribution in [2.75, 3.05) is 39.1 Å². The number of aromatic nitrogens is 2. The lowest BCUT2D eigenvalue weighted by Gasteiger charge is -2.14. The van der Waals surface area contributed by atoms with Gasteiger partial charge in [0.15, 0.2) is 0 Å². The van der Waals surface area contributed by atoms with E-state index in [1.165, 1.54) is 0 Å². The molecule has 90 valence electrons. The van der Waals surface area contributed by atoms with Gasteiger partial charge in [-0.3, -0.25) is 0 Å². The molecule has 0 saturated heterocycles. The average Bonchev–Trinajstić information content (AvgIpc) is 2.28. The van der Waals surface area contributed by atoms with E-state index in [-0.39, 0.29) is 0 Å². The standard InChI is InChI=1S/C11H20N4O/c1-5-15(3)7-6-12-11-13-9(2)8-10(14-11)16-4/h8H,5-7H2,1-4H3,(H,12,13,14). The Kier molecular flexibility index (Phi) is 4.98. The maximum Gasteiger partial charge on any atom is 0.226 e. The largest absolute Gasteiger partial charge is 0.481 e. The second-order valence-corrected chi connectivity index (χ2v) is 3.70. The summed E-state index contributed by atoms with van der Waals surface area (Å²) in [7, 11) is 3.69. The highest BCUT2D eigenvalue weighted by Gasteiger charge is 2.01. The van der Waals surface area contributed by atoms with Crippen LogP contribution in [-0.2, 0) is 0 Å². The van der Waals surface area contributed by atoms with Crippen LogP contribution in [0.15, 0.2) is 6.07 Å². The second kappa shape index (κ2) is 6.27.